The summed E-state index contributed by atoms with van der Waals surface area (Å²) in [5.41, 5.74) is 3.11. The maximum atomic E-state index is 12.5. The van der Waals surface area contributed by atoms with E-state index in [4.69, 9.17) is 11.6 Å². The number of benzene rings is 2. The molecule has 1 heterocycles. The minimum absolute atomic E-state index is 0.196. The number of nitrogens with one attached hydrogen (secondary N) is 3. The van der Waals surface area contributed by atoms with Crippen molar-refractivity contribution in [1.29, 1.82) is 0 Å². The highest BCUT2D eigenvalue weighted by molar-refractivity contribution is 6.32. The Balaban J connectivity index is 1.67. The lowest BCUT2D eigenvalue weighted by Gasteiger charge is -2.09. The SMILES string of the molecule is C=CC(=O)NCCc1ccc(C(=O)Nc2cc(Cl)cc3[nH]ccc23)cc1. The van der Waals surface area contributed by atoms with Crippen molar-refractivity contribution in [1.82, 2.24) is 10.3 Å². The topological polar surface area (TPSA) is 74.0 Å². The minimum Gasteiger partial charge on any atom is -0.361 e. The van der Waals surface area contributed by atoms with Crippen molar-refractivity contribution in [2.45, 2.75) is 6.42 Å². The average Bonchev–Trinajstić information content (AvgIpc) is 3.10. The van der Waals surface area contributed by atoms with Gasteiger partial charge in [0.05, 0.1) is 5.69 Å². The third-order valence-corrected chi connectivity index (χ3v) is 4.21. The molecule has 132 valence electrons. The molecule has 3 N–H and O–H groups in total. The van der Waals surface area contributed by atoms with Gasteiger partial charge in [0, 0.05) is 34.2 Å². The number of halogens is 1. The van der Waals surface area contributed by atoms with Crippen LogP contribution in [-0.4, -0.2) is 23.3 Å². The van der Waals surface area contributed by atoms with Gasteiger partial charge in [-0.15, -0.1) is 0 Å². The van der Waals surface area contributed by atoms with Crippen LogP contribution in [0.2, 0.25) is 5.02 Å². The molecule has 0 fully saturated rings. The fourth-order valence-electron chi connectivity index (χ4n) is 2.65. The smallest absolute Gasteiger partial charge is 0.255 e. The molecule has 0 saturated carbocycles. The van der Waals surface area contributed by atoms with Crippen LogP contribution in [0.3, 0.4) is 0 Å². The van der Waals surface area contributed by atoms with Gasteiger partial charge in [-0.25, -0.2) is 0 Å². The first kappa shape index (κ1) is 17.8. The van der Waals surface area contributed by atoms with Gasteiger partial charge in [0.1, 0.15) is 0 Å². The summed E-state index contributed by atoms with van der Waals surface area (Å²) in [6.45, 7) is 3.92. The van der Waals surface area contributed by atoms with Gasteiger partial charge in [-0.3, -0.25) is 9.59 Å². The van der Waals surface area contributed by atoms with Gasteiger partial charge in [-0.2, -0.15) is 0 Å². The van der Waals surface area contributed by atoms with E-state index in [0.29, 0.717) is 29.2 Å². The van der Waals surface area contributed by atoms with Crippen LogP contribution in [0.5, 0.6) is 0 Å². The van der Waals surface area contributed by atoms with E-state index in [2.05, 4.69) is 22.2 Å². The van der Waals surface area contributed by atoms with Crippen LogP contribution in [0.4, 0.5) is 5.69 Å². The molecule has 0 aliphatic heterocycles. The maximum Gasteiger partial charge on any atom is 0.255 e. The molecule has 2 amide bonds. The minimum atomic E-state index is -0.207. The van der Waals surface area contributed by atoms with Crippen LogP contribution in [-0.2, 0) is 11.2 Å². The Kier molecular flexibility index (Phi) is 5.39. The molecule has 0 radical (unpaired) electrons. The fourth-order valence-corrected chi connectivity index (χ4v) is 2.87. The molecule has 3 rings (SSSR count). The molecule has 0 aliphatic carbocycles. The number of rotatable bonds is 6. The van der Waals surface area contributed by atoms with E-state index in [0.717, 1.165) is 16.5 Å². The number of fused-ring (bicyclic) bond motifs is 1. The number of hydrogen-bond donors (Lipinski definition) is 3. The molecule has 5 nitrogen and oxygen atoms in total. The highest BCUT2D eigenvalue weighted by atomic mass is 35.5. The Bertz CT molecular complexity index is 961. The van der Waals surface area contributed by atoms with Gasteiger partial charge in [0.25, 0.3) is 5.91 Å². The molecular weight excluding hydrogens is 350 g/mol. The van der Waals surface area contributed by atoms with Crippen LogP contribution in [0, 0.1) is 0 Å². The predicted octanol–water partition coefficient (Wildman–Crippen LogP) is 3.92. The van der Waals surface area contributed by atoms with E-state index in [1.165, 1.54) is 6.08 Å². The second-order valence-electron chi connectivity index (χ2n) is 5.79. The van der Waals surface area contributed by atoms with Crippen LogP contribution in [0.15, 0.2) is 61.3 Å². The van der Waals surface area contributed by atoms with E-state index >= 15 is 0 Å². The molecule has 0 aliphatic rings. The van der Waals surface area contributed by atoms with Gasteiger partial charge in [-0.05, 0) is 48.4 Å². The Morgan fingerprint density at radius 1 is 1.15 bits per heavy atom. The number of aromatic amines is 1. The zero-order valence-corrected chi connectivity index (χ0v) is 14.8. The van der Waals surface area contributed by atoms with E-state index in [9.17, 15) is 9.59 Å². The summed E-state index contributed by atoms with van der Waals surface area (Å²) in [5, 5.41) is 7.07. The summed E-state index contributed by atoms with van der Waals surface area (Å²) in [5.74, 6) is -0.403. The second kappa shape index (κ2) is 7.89. The van der Waals surface area contributed by atoms with Crippen molar-refractivity contribution >= 4 is 40.0 Å². The van der Waals surface area contributed by atoms with Crippen molar-refractivity contribution in [2.24, 2.45) is 0 Å². The van der Waals surface area contributed by atoms with Gasteiger partial charge in [0.2, 0.25) is 5.91 Å². The lowest BCUT2D eigenvalue weighted by Crippen LogP contribution is -2.23. The first-order chi connectivity index (χ1) is 12.6. The second-order valence-corrected chi connectivity index (χ2v) is 6.22. The van der Waals surface area contributed by atoms with E-state index < -0.39 is 0 Å². The van der Waals surface area contributed by atoms with Crippen LogP contribution in [0.1, 0.15) is 15.9 Å². The van der Waals surface area contributed by atoms with Crippen LogP contribution in [0.25, 0.3) is 10.9 Å². The molecule has 1 aromatic heterocycles. The number of H-pyrrole nitrogens is 1. The van der Waals surface area contributed by atoms with Crippen molar-refractivity contribution in [3.63, 3.8) is 0 Å². The molecule has 0 spiro atoms. The predicted molar refractivity (Wildman–Crippen MR) is 105 cm³/mol. The standard InChI is InChI=1S/C20H18ClN3O2/c1-2-19(25)23-9-7-13-3-5-14(6-4-13)20(26)24-18-12-15(21)11-17-16(18)8-10-22-17/h2-6,8,10-12,22H,1,7,9H2,(H,23,25)(H,24,26). The highest BCUT2D eigenvalue weighted by Crippen LogP contribution is 2.27. The molecule has 2 aromatic carbocycles. The van der Waals surface area contributed by atoms with Gasteiger partial charge in [0.15, 0.2) is 0 Å². The summed E-state index contributed by atoms with van der Waals surface area (Å²) in [6.07, 6.45) is 3.72. The zero-order chi connectivity index (χ0) is 18.5. The molecule has 3 aromatic rings. The number of anilines is 1. The Labute approximate surface area is 156 Å². The summed E-state index contributed by atoms with van der Waals surface area (Å²) in [6, 6.07) is 12.7. The van der Waals surface area contributed by atoms with Gasteiger partial charge < -0.3 is 15.6 Å². The molecule has 0 saturated heterocycles. The maximum absolute atomic E-state index is 12.5. The summed E-state index contributed by atoms with van der Waals surface area (Å²) >= 11 is 6.10. The third kappa shape index (κ3) is 4.13. The monoisotopic (exact) mass is 367 g/mol. The highest BCUT2D eigenvalue weighted by Gasteiger charge is 2.10. The molecular formula is C20H18ClN3O2. The zero-order valence-electron chi connectivity index (χ0n) is 14.0. The lowest BCUT2D eigenvalue weighted by molar-refractivity contribution is -0.116. The Morgan fingerprint density at radius 2 is 1.92 bits per heavy atom. The van der Waals surface area contributed by atoms with E-state index in [1.54, 1.807) is 24.4 Å². The van der Waals surface area contributed by atoms with Gasteiger partial charge in [-0.1, -0.05) is 30.3 Å². The number of hydrogen-bond acceptors (Lipinski definition) is 2. The summed E-state index contributed by atoms with van der Waals surface area (Å²) in [4.78, 5) is 26.7. The summed E-state index contributed by atoms with van der Waals surface area (Å²) in [7, 11) is 0. The first-order valence-corrected chi connectivity index (χ1v) is 8.52. The lowest BCUT2D eigenvalue weighted by atomic mass is 10.1. The fraction of sp³-hybridized carbons (Fsp3) is 0.100. The molecule has 0 bridgehead atoms. The number of carbonyl (C=O) groups excluding carboxylic acids is 2. The largest absolute Gasteiger partial charge is 0.361 e. The normalized spacial score (nSPS) is 10.5. The van der Waals surface area contributed by atoms with Crippen molar-refractivity contribution in [3.05, 3.63) is 77.5 Å². The third-order valence-electron chi connectivity index (χ3n) is 4.00. The van der Waals surface area contributed by atoms with Gasteiger partial charge >= 0.3 is 0 Å². The average molecular weight is 368 g/mol. The first-order valence-electron chi connectivity index (χ1n) is 8.14. The molecule has 26 heavy (non-hydrogen) atoms. The molecule has 6 heteroatoms. The number of carbonyl (C=O) groups is 2. The van der Waals surface area contributed by atoms with Crippen LogP contribution >= 0.6 is 11.6 Å². The van der Waals surface area contributed by atoms with Crippen molar-refractivity contribution < 1.29 is 9.59 Å². The molecule has 0 unspecified atom stereocenters. The van der Waals surface area contributed by atoms with Crippen molar-refractivity contribution in [2.75, 3.05) is 11.9 Å². The number of amides is 2. The van der Waals surface area contributed by atoms with E-state index in [-0.39, 0.29) is 11.8 Å². The van der Waals surface area contributed by atoms with Crippen molar-refractivity contribution in [3.8, 4) is 0 Å². The quantitative estimate of drug-likeness (QED) is 0.578. The molecule has 0 atom stereocenters. The Hall–Kier alpha value is -3.05. The Morgan fingerprint density at radius 3 is 2.65 bits per heavy atom. The van der Waals surface area contributed by atoms with E-state index in [1.807, 2.05) is 24.3 Å². The summed E-state index contributed by atoms with van der Waals surface area (Å²) < 4.78 is 0. The number of aromatic nitrogens is 1. The van der Waals surface area contributed by atoms with Crippen LogP contribution < -0.4 is 10.6 Å².